The molecule has 8 nitrogen and oxygen atoms in total. The maximum absolute atomic E-state index is 12.3. The van der Waals surface area contributed by atoms with E-state index in [2.05, 4.69) is 12.2 Å². The normalized spacial score (nSPS) is 10.9. The maximum atomic E-state index is 12.3. The molecule has 8 heteroatoms. The van der Waals surface area contributed by atoms with Crippen LogP contribution in [-0.2, 0) is 30.3 Å². The van der Waals surface area contributed by atoms with Gasteiger partial charge in [0.1, 0.15) is 5.75 Å². The zero-order valence-electron chi connectivity index (χ0n) is 25.1. The SMILES string of the molecule is CCCCCCCCC(=O)C=CCCCCOc1ccc(NC(=O)CCCC(=O)N(C)C)cc1CCC(=O)OC. The van der Waals surface area contributed by atoms with Gasteiger partial charge in [-0.05, 0) is 68.4 Å². The van der Waals surface area contributed by atoms with E-state index >= 15 is 0 Å². The summed E-state index contributed by atoms with van der Waals surface area (Å²) < 4.78 is 10.8. The van der Waals surface area contributed by atoms with Crippen LogP contribution in [0.2, 0.25) is 0 Å². The molecule has 0 heterocycles. The quantitative estimate of drug-likeness (QED) is 0.100. The number of anilines is 1. The van der Waals surface area contributed by atoms with Gasteiger partial charge in [0.2, 0.25) is 11.8 Å². The van der Waals surface area contributed by atoms with Crippen molar-refractivity contribution >= 4 is 29.3 Å². The third kappa shape index (κ3) is 16.7. The molecule has 0 aromatic heterocycles. The summed E-state index contributed by atoms with van der Waals surface area (Å²) in [6.07, 6.45) is 15.6. The van der Waals surface area contributed by atoms with Gasteiger partial charge in [-0.2, -0.15) is 0 Å². The van der Waals surface area contributed by atoms with E-state index in [-0.39, 0.29) is 36.4 Å². The molecule has 0 atom stereocenters. The molecular weight excluding hydrogens is 508 g/mol. The van der Waals surface area contributed by atoms with Crippen LogP contribution >= 0.6 is 0 Å². The Bertz CT molecular complexity index is 941. The highest BCUT2D eigenvalue weighted by Crippen LogP contribution is 2.25. The minimum atomic E-state index is -0.316. The Balaban J connectivity index is 2.48. The summed E-state index contributed by atoms with van der Waals surface area (Å²) >= 11 is 0. The third-order valence-electron chi connectivity index (χ3n) is 6.57. The second-order valence-electron chi connectivity index (χ2n) is 10.3. The average molecular weight is 559 g/mol. The first-order chi connectivity index (χ1) is 19.3. The molecule has 40 heavy (non-hydrogen) atoms. The number of allylic oxidation sites excluding steroid dienone is 2. The molecule has 2 amide bonds. The van der Waals surface area contributed by atoms with Gasteiger partial charge in [-0.1, -0.05) is 45.1 Å². The van der Waals surface area contributed by atoms with E-state index < -0.39 is 0 Å². The van der Waals surface area contributed by atoms with Crippen LogP contribution in [0.15, 0.2) is 30.4 Å². The van der Waals surface area contributed by atoms with E-state index in [4.69, 9.17) is 9.47 Å². The van der Waals surface area contributed by atoms with Crippen LogP contribution in [0, 0.1) is 0 Å². The Hall–Kier alpha value is -3.16. The van der Waals surface area contributed by atoms with Gasteiger partial charge in [0.25, 0.3) is 0 Å². The molecule has 0 bridgehead atoms. The third-order valence-corrected chi connectivity index (χ3v) is 6.57. The second-order valence-corrected chi connectivity index (χ2v) is 10.3. The summed E-state index contributed by atoms with van der Waals surface area (Å²) in [5.41, 5.74) is 1.43. The number of esters is 1. The molecule has 0 saturated heterocycles. The number of rotatable bonds is 22. The fourth-order valence-corrected chi connectivity index (χ4v) is 4.10. The van der Waals surface area contributed by atoms with Crippen molar-refractivity contribution in [2.24, 2.45) is 0 Å². The summed E-state index contributed by atoms with van der Waals surface area (Å²) in [6, 6.07) is 5.40. The molecule has 0 aliphatic rings. The van der Waals surface area contributed by atoms with E-state index in [1.54, 1.807) is 32.3 Å². The van der Waals surface area contributed by atoms with Crippen molar-refractivity contribution in [2.75, 3.05) is 33.1 Å². The standard InChI is InChI=1S/C32H50N2O6/c1-5-6-7-8-9-12-16-28(35)17-13-10-11-14-24-40-29-22-21-27(25-26(29)20-23-32(38)39-4)33-30(36)18-15-19-31(37)34(2)3/h13,17,21-22,25H,5-12,14-16,18-20,23-24H2,1-4H3,(H,33,36). The molecule has 0 aliphatic heterocycles. The Morgan fingerprint density at radius 1 is 0.875 bits per heavy atom. The van der Waals surface area contributed by atoms with Crippen LogP contribution in [0.25, 0.3) is 0 Å². The lowest BCUT2D eigenvalue weighted by Gasteiger charge is -2.14. The maximum Gasteiger partial charge on any atom is 0.305 e. The number of nitrogens with one attached hydrogen (secondary N) is 1. The van der Waals surface area contributed by atoms with Gasteiger partial charge in [-0.25, -0.2) is 0 Å². The van der Waals surface area contributed by atoms with E-state index in [0.717, 1.165) is 37.7 Å². The largest absolute Gasteiger partial charge is 0.493 e. The Morgan fingerprint density at radius 2 is 1.62 bits per heavy atom. The van der Waals surface area contributed by atoms with Crippen molar-refractivity contribution in [3.8, 4) is 5.75 Å². The van der Waals surface area contributed by atoms with E-state index in [1.807, 2.05) is 12.1 Å². The predicted molar refractivity (Wildman–Crippen MR) is 159 cm³/mol. The summed E-state index contributed by atoms with van der Waals surface area (Å²) in [6.45, 7) is 2.71. The molecule has 224 valence electrons. The summed E-state index contributed by atoms with van der Waals surface area (Å²) in [5, 5.41) is 2.87. The zero-order valence-corrected chi connectivity index (χ0v) is 25.1. The first kappa shape index (κ1) is 34.9. The molecule has 0 saturated carbocycles. The number of carbonyl (C=O) groups excluding carboxylic acids is 4. The van der Waals surface area contributed by atoms with Crippen molar-refractivity contribution in [1.82, 2.24) is 4.90 Å². The van der Waals surface area contributed by atoms with Crippen LogP contribution in [0.5, 0.6) is 5.75 Å². The lowest BCUT2D eigenvalue weighted by Crippen LogP contribution is -2.21. The predicted octanol–water partition coefficient (Wildman–Crippen LogP) is 6.41. The molecule has 0 aliphatic carbocycles. The van der Waals surface area contributed by atoms with Gasteiger partial charge in [-0.3, -0.25) is 19.2 Å². The number of ketones is 1. The monoisotopic (exact) mass is 558 g/mol. The minimum Gasteiger partial charge on any atom is -0.493 e. The number of ether oxygens (including phenoxy) is 2. The van der Waals surface area contributed by atoms with E-state index in [0.29, 0.717) is 43.7 Å². The van der Waals surface area contributed by atoms with Gasteiger partial charge >= 0.3 is 5.97 Å². The average Bonchev–Trinajstić information content (AvgIpc) is 2.93. The number of unbranched alkanes of at least 4 members (excludes halogenated alkanes) is 7. The van der Waals surface area contributed by atoms with Crippen LogP contribution in [0.4, 0.5) is 5.69 Å². The van der Waals surface area contributed by atoms with E-state index in [1.165, 1.54) is 37.7 Å². The Labute approximate surface area is 240 Å². The van der Waals surface area contributed by atoms with Gasteiger partial charge in [0.05, 0.1) is 13.7 Å². The van der Waals surface area contributed by atoms with Crippen LogP contribution in [0.1, 0.15) is 102 Å². The van der Waals surface area contributed by atoms with Gasteiger partial charge < -0.3 is 19.7 Å². The number of carbonyl (C=O) groups is 4. The van der Waals surface area contributed by atoms with E-state index in [9.17, 15) is 19.2 Å². The zero-order chi connectivity index (χ0) is 29.6. The fourth-order valence-electron chi connectivity index (χ4n) is 4.10. The van der Waals surface area contributed by atoms with Crippen LogP contribution in [0.3, 0.4) is 0 Å². The van der Waals surface area contributed by atoms with Gasteiger partial charge in [0.15, 0.2) is 5.78 Å². The summed E-state index contributed by atoms with van der Waals surface area (Å²) in [5.74, 6) is 0.383. The Kier molecular flexibility index (Phi) is 18.9. The molecule has 1 aromatic rings. The second kappa shape index (κ2) is 21.6. The van der Waals surface area contributed by atoms with Crippen molar-refractivity contribution < 1.29 is 28.7 Å². The van der Waals surface area contributed by atoms with Gasteiger partial charge in [-0.15, -0.1) is 0 Å². The summed E-state index contributed by atoms with van der Waals surface area (Å²) in [4.78, 5) is 49.2. The summed E-state index contributed by atoms with van der Waals surface area (Å²) in [7, 11) is 4.74. The molecule has 1 aromatic carbocycles. The highest BCUT2D eigenvalue weighted by molar-refractivity contribution is 5.91. The first-order valence-corrected chi connectivity index (χ1v) is 14.8. The molecule has 0 spiro atoms. The molecule has 0 unspecified atom stereocenters. The molecular formula is C32H50N2O6. The number of benzene rings is 1. The number of nitrogens with zero attached hydrogens (tertiary/aromatic N) is 1. The highest BCUT2D eigenvalue weighted by Gasteiger charge is 2.12. The number of aryl methyl sites for hydroxylation is 1. The highest BCUT2D eigenvalue weighted by atomic mass is 16.5. The lowest BCUT2D eigenvalue weighted by molar-refractivity contribution is -0.140. The Morgan fingerprint density at radius 3 is 2.35 bits per heavy atom. The van der Waals surface area contributed by atoms with Crippen molar-refractivity contribution in [3.05, 3.63) is 35.9 Å². The van der Waals surface area contributed by atoms with Gasteiger partial charge in [0, 0.05) is 45.5 Å². The molecule has 1 rings (SSSR count). The number of amides is 2. The smallest absolute Gasteiger partial charge is 0.305 e. The first-order valence-electron chi connectivity index (χ1n) is 14.8. The topological polar surface area (TPSA) is 102 Å². The van der Waals surface area contributed by atoms with Crippen LogP contribution in [-0.4, -0.2) is 56.3 Å². The molecule has 0 fully saturated rings. The molecule has 0 radical (unpaired) electrons. The van der Waals surface area contributed by atoms with Crippen molar-refractivity contribution in [1.29, 1.82) is 0 Å². The van der Waals surface area contributed by atoms with Crippen molar-refractivity contribution in [2.45, 2.75) is 103 Å². The lowest BCUT2D eigenvalue weighted by atomic mass is 10.1. The fraction of sp³-hybridized carbons (Fsp3) is 0.625. The van der Waals surface area contributed by atoms with Crippen molar-refractivity contribution in [3.63, 3.8) is 0 Å². The molecule has 1 N–H and O–H groups in total. The van der Waals surface area contributed by atoms with Crippen LogP contribution < -0.4 is 10.1 Å². The number of hydrogen-bond donors (Lipinski definition) is 1. The number of hydrogen-bond acceptors (Lipinski definition) is 6. The number of methoxy groups -OCH3 is 1. The minimum absolute atomic E-state index is 0.00703.